The lowest BCUT2D eigenvalue weighted by Gasteiger charge is -2.44. The number of hydrogen-bond donors (Lipinski definition) is 1. The quantitative estimate of drug-likeness (QED) is 0.533. The third-order valence-electron chi connectivity index (χ3n) is 5.28. The molecule has 0 saturated heterocycles. The maximum atomic E-state index is 12.7. The van der Waals surface area contributed by atoms with Crippen LogP contribution in [0.4, 0.5) is 26.3 Å². The maximum absolute atomic E-state index is 12.7. The first-order valence-electron chi connectivity index (χ1n) is 8.02. The summed E-state index contributed by atoms with van der Waals surface area (Å²) in [6, 6.07) is 0. The predicted octanol–water partition coefficient (Wildman–Crippen LogP) is 6.50. The molecule has 1 N–H and O–H groups in total. The van der Waals surface area contributed by atoms with Gasteiger partial charge in [-0.1, -0.05) is 48.5 Å². The molecule has 0 rings (SSSR count). The highest BCUT2D eigenvalue weighted by Crippen LogP contribution is 2.49. The molecule has 0 atom stereocenters. The molecular weight excluding hydrogens is 334 g/mol. The van der Waals surface area contributed by atoms with E-state index in [2.05, 4.69) is 20.8 Å². The van der Waals surface area contributed by atoms with Crippen LogP contribution >= 0.6 is 0 Å². The van der Waals surface area contributed by atoms with Gasteiger partial charge in [0.05, 0.1) is 0 Å². The Bertz CT molecular complexity index is 398. The van der Waals surface area contributed by atoms with Gasteiger partial charge in [0.25, 0.3) is 5.60 Å². The van der Waals surface area contributed by atoms with Crippen molar-refractivity contribution in [2.45, 2.75) is 92.1 Å². The zero-order chi connectivity index (χ0) is 19.8. The zero-order valence-corrected chi connectivity index (χ0v) is 15.5. The van der Waals surface area contributed by atoms with Gasteiger partial charge >= 0.3 is 12.4 Å². The Morgan fingerprint density at radius 2 is 1.04 bits per heavy atom. The topological polar surface area (TPSA) is 20.2 Å². The van der Waals surface area contributed by atoms with E-state index >= 15 is 0 Å². The molecule has 0 radical (unpaired) electrons. The number of alkyl halides is 6. The van der Waals surface area contributed by atoms with E-state index in [0.29, 0.717) is 6.42 Å². The molecule has 0 aliphatic carbocycles. The molecule has 0 aliphatic heterocycles. The third-order valence-corrected chi connectivity index (χ3v) is 5.28. The number of aliphatic hydroxyl groups is 1. The first-order valence-corrected chi connectivity index (χ1v) is 8.02. The Balaban J connectivity index is 5.01. The number of hydrogen-bond acceptors (Lipinski definition) is 1. The van der Waals surface area contributed by atoms with Crippen LogP contribution in [0.1, 0.15) is 74.1 Å². The summed E-state index contributed by atoms with van der Waals surface area (Å²) in [6.07, 6.45) is -12.4. The van der Waals surface area contributed by atoms with Gasteiger partial charge in [0.15, 0.2) is 0 Å². The van der Waals surface area contributed by atoms with Crippen molar-refractivity contribution < 1.29 is 31.4 Å². The van der Waals surface area contributed by atoms with E-state index in [-0.39, 0.29) is 23.7 Å². The lowest BCUT2D eigenvalue weighted by Crippen LogP contribution is -2.56. The predicted molar refractivity (Wildman–Crippen MR) is 82.5 cm³/mol. The average molecular weight is 364 g/mol. The molecule has 0 fully saturated rings. The largest absolute Gasteiger partial charge is 0.426 e. The fraction of sp³-hybridized carbons (Fsp3) is 1.00. The average Bonchev–Trinajstić information content (AvgIpc) is 2.21. The summed E-state index contributed by atoms with van der Waals surface area (Å²) in [5, 5.41) is 9.19. The molecule has 0 aromatic heterocycles. The van der Waals surface area contributed by atoms with Crippen molar-refractivity contribution in [2.75, 3.05) is 0 Å². The Labute approximate surface area is 140 Å². The van der Waals surface area contributed by atoms with Gasteiger partial charge in [-0.15, -0.1) is 0 Å². The van der Waals surface area contributed by atoms with Crippen molar-refractivity contribution in [3.05, 3.63) is 0 Å². The lowest BCUT2D eigenvalue weighted by molar-refractivity contribution is -0.370. The van der Waals surface area contributed by atoms with Crippen LogP contribution in [0, 0.1) is 16.2 Å². The van der Waals surface area contributed by atoms with Crippen molar-refractivity contribution in [3.8, 4) is 0 Å². The van der Waals surface area contributed by atoms with Gasteiger partial charge in [0, 0.05) is 0 Å². The smallest absolute Gasteiger partial charge is 0.374 e. The van der Waals surface area contributed by atoms with Crippen LogP contribution in [-0.2, 0) is 0 Å². The van der Waals surface area contributed by atoms with Crippen LogP contribution in [0.3, 0.4) is 0 Å². The van der Waals surface area contributed by atoms with Crippen molar-refractivity contribution in [1.82, 2.24) is 0 Å². The van der Waals surface area contributed by atoms with Gasteiger partial charge in [0.2, 0.25) is 0 Å². The minimum atomic E-state index is -5.74. The Hall–Kier alpha value is -0.460. The van der Waals surface area contributed by atoms with Crippen LogP contribution in [0.2, 0.25) is 0 Å². The summed E-state index contributed by atoms with van der Waals surface area (Å²) in [7, 11) is 0. The summed E-state index contributed by atoms with van der Waals surface area (Å²) in [5.74, 6) is 0. The van der Waals surface area contributed by atoms with E-state index in [0.717, 1.165) is 0 Å². The van der Waals surface area contributed by atoms with Crippen molar-refractivity contribution in [1.29, 1.82) is 0 Å². The van der Waals surface area contributed by atoms with Gasteiger partial charge in [-0.2, -0.15) is 26.3 Å². The first kappa shape index (κ1) is 23.5. The number of halogens is 6. The Morgan fingerprint density at radius 3 is 1.33 bits per heavy atom. The molecule has 0 aliphatic rings. The summed E-state index contributed by atoms with van der Waals surface area (Å²) < 4.78 is 76.1. The highest BCUT2D eigenvalue weighted by atomic mass is 19.4. The molecule has 0 bridgehead atoms. The molecule has 24 heavy (non-hydrogen) atoms. The number of rotatable bonds is 6. The van der Waals surface area contributed by atoms with Gasteiger partial charge in [-0.05, 0) is 41.9 Å². The minimum absolute atomic E-state index is 0.0526. The van der Waals surface area contributed by atoms with E-state index < -0.39 is 29.8 Å². The van der Waals surface area contributed by atoms with E-state index in [1.54, 1.807) is 0 Å². The zero-order valence-electron chi connectivity index (χ0n) is 15.5. The van der Waals surface area contributed by atoms with Gasteiger partial charge in [0.1, 0.15) is 0 Å². The third kappa shape index (κ3) is 5.53. The van der Waals surface area contributed by atoms with Crippen LogP contribution in [0.25, 0.3) is 0 Å². The molecule has 7 heteroatoms. The summed E-state index contributed by atoms with van der Waals surface area (Å²) in [5.41, 5.74) is -5.27. The second kappa shape index (κ2) is 6.69. The maximum Gasteiger partial charge on any atom is 0.426 e. The van der Waals surface area contributed by atoms with Gasteiger partial charge < -0.3 is 5.11 Å². The molecular formula is C17H30F6O. The van der Waals surface area contributed by atoms with E-state index in [4.69, 9.17) is 0 Å². The lowest BCUT2D eigenvalue weighted by atomic mass is 9.61. The van der Waals surface area contributed by atoms with Crippen molar-refractivity contribution >= 4 is 0 Å². The van der Waals surface area contributed by atoms with Crippen LogP contribution in [-0.4, -0.2) is 23.1 Å². The molecule has 0 amide bonds. The first-order chi connectivity index (χ1) is 10.2. The fourth-order valence-corrected chi connectivity index (χ4v) is 2.82. The summed E-state index contributed by atoms with van der Waals surface area (Å²) >= 11 is 0. The summed E-state index contributed by atoms with van der Waals surface area (Å²) in [6.45, 7) is 13.9. The fourth-order valence-electron chi connectivity index (χ4n) is 2.82. The van der Waals surface area contributed by atoms with Crippen LogP contribution in [0.15, 0.2) is 0 Å². The highest BCUT2D eigenvalue weighted by Gasteiger charge is 2.69. The van der Waals surface area contributed by atoms with Crippen LogP contribution in [0.5, 0.6) is 0 Å². The van der Waals surface area contributed by atoms with Crippen LogP contribution < -0.4 is 0 Å². The molecule has 0 heterocycles. The highest BCUT2D eigenvalue weighted by molar-refractivity contribution is 4.94. The van der Waals surface area contributed by atoms with Crippen molar-refractivity contribution in [2.24, 2.45) is 16.2 Å². The van der Waals surface area contributed by atoms with Gasteiger partial charge in [-0.25, -0.2) is 0 Å². The molecule has 0 saturated carbocycles. The van der Waals surface area contributed by atoms with E-state index in [9.17, 15) is 31.4 Å². The Morgan fingerprint density at radius 1 is 0.667 bits per heavy atom. The normalized spacial score (nSPS) is 15.8. The summed E-state index contributed by atoms with van der Waals surface area (Å²) in [4.78, 5) is 0. The molecule has 146 valence electrons. The Kier molecular flexibility index (Phi) is 6.56. The molecule has 0 unspecified atom stereocenters. The van der Waals surface area contributed by atoms with Crippen molar-refractivity contribution in [3.63, 3.8) is 0 Å². The second-order valence-corrected chi connectivity index (χ2v) is 9.18. The molecule has 1 nitrogen and oxygen atoms in total. The minimum Gasteiger partial charge on any atom is -0.374 e. The molecule has 0 aromatic rings. The monoisotopic (exact) mass is 364 g/mol. The molecule has 0 spiro atoms. The molecule has 0 aromatic carbocycles. The second-order valence-electron chi connectivity index (χ2n) is 9.18. The van der Waals surface area contributed by atoms with E-state index in [1.165, 1.54) is 0 Å². The van der Waals surface area contributed by atoms with Gasteiger partial charge in [-0.3, -0.25) is 0 Å². The SMILES string of the molecule is CC(C)(CCCC(O)(C(F)(F)F)C(F)(F)F)CC(C)(C)C(C)(C)C. The standard InChI is InChI=1S/C17H30F6O/c1-12(2,3)14(6,7)11-13(4,5)9-8-10-15(24,16(18,19)20)17(21,22)23/h24H,8-11H2,1-7H3. The van der Waals surface area contributed by atoms with E-state index in [1.807, 2.05) is 27.7 Å².